The predicted octanol–water partition coefficient (Wildman–Crippen LogP) is 1.49. The molecular weight excluding hydrogens is 275 g/mol. The van der Waals surface area contributed by atoms with Gasteiger partial charge in [-0.15, -0.1) is 0 Å². The molecule has 0 saturated heterocycles. The molecule has 1 unspecified atom stereocenters. The van der Waals surface area contributed by atoms with Crippen molar-refractivity contribution in [1.82, 2.24) is 4.90 Å². The van der Waals surface area contributed by atoms with Gasteiger partial charge in [-0.05, 0) is 40.7 Å². The molecule has 0 aliphatic carbocycles. The van der Waals surface area contributed by atoms with Crippen molar-refractivity contribution < 1.29 is 0 Å². The highest BCUT2D eigenvalue weighted by Crippen LogP contribution is 2.12. The summed E-state index contributed by atoms with van der Waals surface area (Å²) in [6, 6.07) is 0.229. The molecule has 0 aromatic rings. The lowest BCUT2D eigenvalue weighted by Gasteiger charge is -2.16. The predicted molar refractivity (Wildman–Crippen MR) is 68.5 cm³/mol. The van der Waals surface area contributed by atoms with Crippen LogP contribution in [0, 0.1) is 0 Å². The summed E-state index contributed by atoms with van der Waals surface area (Å²) < 4.78 is 4.57. The van der Waals surface area contributed by atoms with Gasteiger partial charge in [-0.3, -0.25) is 0 Å². The van der Waals surface area contributed by atoms with E-state index in [2.05, 4.69) is 39.2 Å². The van der Waals surface area contributed by atoms with Crippen LogP contribution >= 0.6 is 20.7 Å². The number of nitrogens with zero attached hydrogens (tertiary/aromatic N) is 1. The first-order valence-corrected chi connectivity index (χ1v) is 6.91. The molecule has 74 valence electrons. The van der Waals surface area contributed by atoms with Gasteiger partial charge in [0.25, 0.3) is 0 Å². The van der Waals surface area contributed by atoms with E-state index >= 15 is 0 Å². The molecule has 0 saturated carbocycles. The fraction of sp³-hybridized carbons (Fsp3) is 0.500. The highest BCUT2D eigenvalue weighted by Gasteiger charge is 2.07. The quantitative estimate of drug-likeness (QED) is 0.796. The smallest absolute Gasteiger partial charge is 0.0311 e. The Morgan fingerprint density at radius 1 is 1.54 bits per heavy atom. The summed E-state index contributed by atoms with van der Waals surface area (Å²) in [6.07, 6.45) is 5.33. The van der Waals surface area contributed by atoms with Gasteiger partial charge >= 0.3 is 0 Å². The number of allylic oxidation sites excluding steroid dienone is 2. The van der Waals surface area contributed by atoms with Crippen molar-refractivity contribution in [2.24, 2.45) is 5.73 Å². The first-order chi connectivity index (χ1) is 6.20. The van der Waals surface area contributed by atoms with E-state index in [-0.39, 0.29) is 26.8 Å². The van der Waals surface area contributed by atoms with Crippen LogP contribution in [-0.4, -0.2) is 35.6 Å². The van der Waals surface area contributed by atoms with Gasteiger partial charge in [0.2, 0.25) is 0 Å². The van der Waals surface area contributed by atoms with Crippen molar-refractivity contribution in [3.63, 3.8) is 0 Å². The molecule has 2 nitrogen and oxygen atoms in total. The largest absolute Gasteiger partial charge is 0.324 e. The number of halogens is 1. The van der Waals surface area contributed by atoms with Gasteiger partial charge in [0.1, 0.15) is 0 Å². The summed E-state index contributed by atoms with van der Waals surface area (Å²) in [5.41, 5.74) is 7.38. The average molecular weight is 292 g/mol. The second-order valence-corrected chi connectivity index (χ2v) is 5.48. The van der Waals surface area contributed by atoms with Crippen molar-refractivity contribution in [2.45, 2.75) is 12.5 Å². The number of rotatable bonds is 4. The van der Waals surface area contributed by atoms with Crippen LogP contribution in [0.1, 0.15) is 6.42 Å². The highest BCUT2D eigenvalue weighted by molar-refractivity contribution is 14.2. The van der Waals surface area contributed by atoms with E-state index in [9.17, 15) is 0 Å². The molecule has 0 fully saturated rings. The Morgan fingerprint density at radius 2 is 2.31 bits per heavy atom. The molecule has 0 amide bonds. The zero-order valence-electron chi connectivity index (χ0n) is 8.20. The topological polar surface area (TPSA) is 29.3 Å². The van der Waals surface area contributed by atoms with Crippen LogP contribution in [0.4, 0.5) is 0 Å². The lowest BCUT2D eigenvalue weighted by atomic mass is 10.1. The molecule has 0 bridgehead atoms. The summed E-state index contributed by atoms with van der Waals surface area (Å²) in [7, 11) is 4.16. The van der Waals surface area contributed by atoms with Crippen molar-refractivity contribution in [1.29, 1.82) is 0 Å². The maximum absolute atomic E-state index is 6.05. The van der Waals surface area contributed by atoms with Crippen LogP contribution in [0.2, 0.25) is 0 Å². The molecule has 3 heteroatoms. The van der Waals surface area contributed by atoms with Gasteiger partial charge in [-0.2, -0.15) is 0 Å². The normalized spacial score (nSPS) is 18.3. The molecule has 13 heavy (non-hydrogen) atoms. The third kappa shape index (κ3) is 4.15. The molecule has 1 aliphatic heterocycles. The summed E-state index contributed by atoms with van der Waals surface area (Å²) >= 11 is 0.146. The van der Waals surface area contributed by atoms with Gasteiger partial charge in [-0.1, -0.05) is 32.9 Å². The average Bonchev–Trinajstić information content (AvgIpc) is 2.15. The molecule has 0 aromatic heterocycles. The second kappa shape index (κ2) is 5.67. The molecule has 0 radical (unpaired) electrons. The lowest BCUT2D eigenvalue weighted by Crippen LogP contribution is -2.28. The minimum Gasteiger partial charge on any atom is -0.324 e. The van der Waals surface area contributed by atoms with E-state index in [4.69, 9.17) is 5.73 Å². The zero-order valence-corrected chi connectivity index (χ0v) is 10.4. The lowest BCUT2D eigenvalue weighted by molar-refractivity contribution is 0.391. The summed E-state index contributed by atoms with van der Waals surface area (Å²) in [6.45, 7) is 1.06. The van der Waals surface area contributed by atoms with Crippen LogP contribution in [-0.2, 0) is 0 Å². The Hall–Kier alpha value is -0.000000000000000111. The minimum absolute atomic E-state index is 0.146. The summed E-state index contributed by atoms with van der Waals surface area (Å²) in [5.74, 6) is 0. The Bertz CT molecular complexity index is 241. The fourth-order valence-corrected chi connectivity index (χ4v) is 2.84. The fourth-order valence-electron chi connectivity index (χ4n) is 1.10. The van der Waals surface area contributed by atoms with Crippen molar-refractivity contribution >= 4 is 24.7 Å². The zero-order chi connectivity index (χ0) is 9.68. The monoisotopic (exact) mass is 292 g/mol. The molecule has 2 N–H and O–H groups in total. The van der Waals surface area contributed by atoms with Crippen molar-refractivity contribution in [3.8, 4) is 0 Å². The number of hydrogen-bond donors (Lipinski definition) is 1. The molecule has 1 atom stereocenters. The van der Waals surface area contributed by atoms with E-state index in [1.807, 2.05) is 0 Å². The van der Waals surface area contributed by atoms with Crippen LogP contribution in [0.3, 0.4) is 0 Å². The first-order valence-electron chi connectivity index (χ1n) is 4.42. The molecule has 1 rings (SSSR count). The molecule has 1 heterocycles. The molecule has 0 aromatic carbocycles. The maximum atomic E-state index is 6.05. The van der Waals surface area contributed by atoms with E-state index in [1.54, 1.807) is 0 Å². The van der Waals surface area contributed by atoms with E-state index < -0.39 is 0 Å². The third-order valence-corrected chi connectivity index (χ3v) is 3.85. The Balaban J connectivity index is 2.39. The molecular formula is C10H17IN2. The van der Waals surface area contributed by atoms with Gasteiger partial charge in [0.15, 0.2) is 0 Å². The van der Waals surface area contributed by atoms with Crippen molar-refractivity contribution in [3.05, 3.63) is 21.8 Å². The SMILES string of the molecule is CN(C)CCC(N)C1=CC=CI=C1. The van der Waals surface area contributed by atoms with Crippen LogP contribution in [0.25, 0.3) is 0 Å². The Morgan fingerprint density at radius 3 is 2.85 bits per heavy atom. The van der Waals surface area contributed by atoms with Crippen LogP contribution in [0.5, 0.6) is 0 Å². The number of nitrogens with two attached hydrogens (primary N) is 1. The van der Waals surface area contributed by atoms with E-state index in [1.165, 1.54) is 5.57 Å². The van der Waals surface area contributed by atoms with Crippen molar-refractivity contribution in [2.75, 3.05) is 20.6 Å². The Labute approximate surface area is 90.2 Å². The van der Waals surface area contributed by atoms with Crippen LogP contribution in [0.15, 0.2) is 21.8 Å². The summed E-state index contributed by atoms with van der Waals surface area (Å²) in [5, 5.41) is 0. The van der Waals surface area contributed by atoms with E-state index in [0.29, 0.717) is 0 Å². The van der Waals surface area contributed by atoms with E-state index in [0.717, 1.165) is 13.0 Å². The Kier molecular flexibility index (Phi) is 4.83. The van der Waals surface area contributed by atoms with Gasteiger partial charge in [0.05, 0.1) is 0 Å². The van der Waals surface area contributed by atoms with Gasteiger partial charge < -0.3 is 10.6 Å². The van der Waals surface area contributed by atoms with Crippen LogP contribution < -0.4 is 5.73 Å². The first kappa shape index (κ1) is 11.1. The summed E-state index contributed by atoms with van der Waals surface area (Å²) in [4.78, 5) is 2.17. The number of hydrogen-bond acceptors (Lipinski definition) is 2. The third-order valence-electron chi connectivity index (χ3n) is 1.94. The molecule has 1 aliphatic rings. The molecule has 0 spiro atoms. The van der Waals surface area contributed by atoms with Gasteiger partial charge in [-0.25, -0.2) is 0 Å². The second-order valence-electron chi connectivity index (χ2n) is 3.42. The standard InChI is InChI=1S/C10H17IN2/c1-13(2)7-5-10(12)9-4-3-6-11-8-9/h3-4,6,8,10H,5,7,12H2,1-2H3. The van der Waals surface area contributed by atoms with Gasteiger partial charge in [0, 0.05) is 6.04 Å². The minimum atomic E-state index is 0.146. The maximum Gasteiger partial charge on any atom is 0.0311 e. The highest BCUT2D eigenvalue weighted by atomic mass is 127.